The topological polar surface area (TPSA) is 79.3 Å². The third kappa shape index (κ3) is 4.42. The summed E-state index contributed by atoms with van der Waals surface area (Å²) in [5, 5.41) is 0. The van der Waals surface area contributed by atoms with Crippen molar-refractivity contribution in [2.45, 2.75) is 25.2 Å². The molecule has 0 radical (unpaired) electrons. The number of hydrogen-bond donors (Lipinski definition) is 0. The molecule has 3 heterocycles. The van der Waals surface area contributed by atoms with Crippen LogP contribution in [-0.2, 0) is 10.0 Å². The molecule has 1 aliphatic heterocycles. The molecule has 1 aromatic carbocycles. The maximum atomic E-state index is 13.2. The fourth-order valence-electron chi connectivity index (χ4n) is 3.63. The molecule has 3 aromatic rings. The van der Waals surface area contributed by atoms with Gasteiger partial charge in [0.05, 0.1) is 4.90 Å². The van der Waals surface area contributed by atoms with Crippen LogP contribution in [0.4, 0.5) is 10.2 Å². The van der Waals surface area contributed by atoms with E-state index in [-0.39, 0.29) is 4.90 Å². The minimum atomic E-state index is -3.68. The highest BCUT2D eigenvalue weighted by molar-refractivity contribution is 7.89. The first kappa shape index (κ1) is 21.3. The quantitative estimate of drug-likeness (QED) is 0.619. The maximum absolute atomic E-state index is 13.2. The van der Waals surface area contributed by atoms with Crippen molar-refractivity contribution in [3.8, 4) is 11.5 Å². The van der Waals surface area contributed by atoms with Gasteiger partial charge in [0.25, 0.3) is 0 Å². The Morgan fingerprint density at radius 1 is 0.935 bits per heavy atom. The number of sulfonamides is 1. The molecule has 0 unspecified atom stereocenters. The van der Waals surface area contributed by atoms with E-state index in [9.17, 15) is 12.8 Å². The first-order chi connectivity index (χ1) is 14.9. The lowest BCUT2D eigenvalue weighted by atomic mass is 10.2. The van der Waals surface area contributed by atoms with Crippen molar-refractivity contribution in [3.63, 3.8) is 0 Å². The van der Waals surface area contributed by atoms with Gasteiger partial charge in [0.15, 0.2) is 5.82 Å². The second-order valence-electron chi connectivity index (χ2n) is 7.49. The number of nitrogens with zero attached hydrogens (tertiary/aromatic N) is 5. The van der Waals surface area contributed by atoms with Crippen LogP contribution in [0.5, 0.6) is 0 Å². The van der Waals surface area contributed by atoms with Gasteiger partial charge >= 0.3 is 0 Å². The van der Waals surface area contributed by atoms with Gasteiger partial charge in [-0.15, -0.1) is 0 Å². The lowest BCUT2D eigenvalue weighted by molar-refractivity contribution is 0.433. The smallest absolute Gasteiger partial charge is 0.243 e. The molecule has 1 fully saturated rings. The van der Waals surface area contributed by atoms with Gasteiger partial charge in [-0.2, -0.15) is 4.31 Å². The summed E-state index contributed by atoms with van der Waals surface area (Å²) in [6.07, 6.45) is 2.36. The summed E-state index contributed by atoms with van der Waals surface area (Å²) < 4.78 is 40.7. The highest BCUT2D eigenvalue weighted by Crippen LogP contribution is 2.26. The third-order valence-electron chi connectivity index (χ3n) is 5.46. The predicted molar refractivity (Wildman–Crippen MR) is 117 cm³/mol. The van der Waals surface area contributed by atoms with Crippen molar-refractivity contribution in [2.75, 3.05) is 31.1 Å². The summed E-state index contributed by atoms with van der Waals surface area (Å²) in [6, 6.07) is 10.6. The van der Waals surface area contributed by atoms with Gasteiger partial charge in [-0.1, -0.05) is 6.07 Å². The Kier molecular flexibility index (Phi) is 5.97. The average molecular weight is 442 g/mol. The highest BCUT2D eigenvalue weighted by atomic mass is 32.2. The Balaban J connectivity index is 1.59. The molecule has 0 spiro atoms. The van der Waals surface area contributed by atoms with Gasteiger partial charge in [0, 0.05) is 43.6 Å². The molecule has 7 nitrogen and oxygen atoms in total. The van der Waals surface area contributed by atoms with Gasteiger partial charge in [0.1, 0.15) is 17.3 Å². The zero-order valence-corrected chi connectivity index (χ0v) is 18.3. The molecule has 0 atom stereocenters. The van der Waals surface area contributed by atoms with Gasteiger partial charge in [-0.3, -0.25) is 4.98 Å². The van der Waals surface area contributed by atoms with Crippen LogP contribution in [0.25, 0.3) is 11.5 Å². The van der Waals surface area contributed by atoms with E-state index in [1.165, 1.54) is 28.6 Å². The average Bonchev–Trinajstić information content (AvgIpc) is 3.03. The molecular formula is C22H24FN5O2S. The second kappa shape index (κ2) is 8.68. The fraction of sp³-hybridized carbons (Fsp3) is 0.318. The molecule has 0 bridgehead atoms. The normalized spacial score (nSPS) is 15.6. The van der Waals surface area contributed by atoms with Crippen molar-refractivity contribution < 1.29 is 12.8 Å². The van der Waals surface area contributed by atoms with E-state index in [1.807, 2.05) is 32.0 Å². The molecule has 1 saturated heterocycles. The zero-order chi connectivity index (χ0) is 22.0. The number of halogens is 1. The minimum Gasteiger partial charge on any atom is -0.355 e. The summed E-state index contributed by atoms with van der Waals surface area (Å²) in [6.45, 7) is 5.81. The summed E-state index contributed by atoms with van der Waals surface area (Å²) in [5.74, 6) is 0.896. The third-order valence-corrected chi connectivity index (χ3v) is 7.38. The summed E-state index contributed by atoms with van der Waals surface area (Å²) in [7, 11) is -3.68. The number of pyridine rings is 1. The van der Waals surface area contributed by atoms with Crippen LogP contribution in [0.3, 0.4) is 0 Å². The van der Waals surface area contributed by atoms with Crippen LogP contribution in [0.1, 0.15) is 17.7 Å². The van der Waals surface area contributed by atoms with Crippen LogP contribution in [0.2, 0.25) is 0 Å². The molecule has 2 aromatic heterocycles. The maximum Gasteiger partial charge on any atom is 0.243 e. The number of hydrogen-bond acceptors (Lipinski definition) is 6. The molecule has 9 heteroatoms. The monoisotopic (exact) mass is 441 g/mol. The van der Waals surface area contributed by atoms with E-state index in [4.69, 9.17) is 4.98 Å². The molecule has 1 aliphatic rings. The van der Waals surface area contributed by atoms with E-state index < -0.39 is 15.8 Å². The largest absolute Gasteiger partial charge is 0.355 e. The van der Waals surface area contributed by atoms with Gasteiger partial charge in [0.2, 0.25) is 10.0 Å². The van der Waals surface area contributed by atoms with Crippen LogP contribution in [-0.4, -0.2) is 53.9 Å². The summed E-state index contributed by atoms with van der Waals surface area (Å²) >= 11 is 0. The Morgan fingerprint density at radius 3 is 2.42 bits per heavy atom. The molecule has 0 N–H and O–H groups in total. The number of anilines is 1. The molecule has 162 valence electrons. The van der Waals surface area contributed by atoms with Gasteiger partial charge < -0.3 is 4.90 Å². The van der Waals surface area contributed by atoms with E-state index >= 15 is 0 Å². The van der Waals surface area contributed by atoms with Crippen molar-refractivity contribution in [3.05, 3.63) is 65.7 Å². The van der Waals surface area contributed by atoms with E-state index in [0.29, 0.717) is 44.1 Å². The first-order valence-corrected chi connectivity index (χ1v) is 11.6. The predicted octanol–water partition coefficient (Wildman–Crippen LogP) is 3.20. The van der Waals surface area contributed by atoms with Crippen LogP contribution in [0.15, 0.2) is 53.6 Å². The lowest BCUT2D eigenvalue weighted by Crippen LogP contribution is -2.35. The molecule has 4 rings (SSSR count). The lowest BCUT2D eigenvalue weighted by Gasteiger charge is -2.25. The standard InChI is InChI=1S/C22H24FN5O2S/c1-16-17(2)25-21(20-6-3-4-11-24-20)26-22(16)27-12-5-13-28(15-14-27)31(29,30)19-9-7-18(23)8-10-19/h3-4,6-11H,5,12-15H2,1-2H3. The fourth-order valence-corrected chi connectivity index (χ4v) is 5.10. The van der Waals surface area contributed by atoms with Crippen molar-refractivity contribution in [1.29, 1.82) is 0 Å². The Morgan fingerprint density at radius 2 is 1.71 bits per heavy atom. The van der Waals surface area contributed by atoms with Crippen LogP contribution in [0, 0.1) is 19.7 Å². The highest BCUT2D eigenvalue weighted by Gasteiger charge is 2.28. The number of aryl methyl sites for hydroxylation is 1. The Hall–Kier alpha value is -2.91. The number of benzene rings is 1. The SMILES string of the molecule is Cc1nc(-c2ccccn2)nc(N2CCCN(S(=O)(=O)c3ccc(F)cc3)CC2)c1C. The zero-order valence-electron chi connectivity index (χ0n) is 17.5. The minimum absolute atomic E-state index is 0.105. The molecular weight excluding hydrogens is 417 g/mol. The van der Waals surface area contributed by atoms with Gasteiger partial charge in [-0.05, 0) is 56.7 Å². The Bertz CT molecular complexity index is 1170. The van der Waals surface area contributed by atoms with E-state index in [2.05, 4.69) is 14.9 Å². The first-order valence-electron chi connectivity index (χ1n) is 10.1. The van der Waals surface area contributed by atoms with E-state index in [1.54, 1.807) is 6.20 Å². The van der Waals surface area contributed by atoms with Gasteiger partial charge in [-0.25, -0.2) is 22.8 Å². The van der Waals surface area contributed by atoms with Crippen molar-refractivity contribution in [2.24, 2.45) is 0 Å². The summed E-state index contributed by atoms with van der Waals surface area (Å²) in [4.78, 5) is 15.9. The van der Waals surface area contributed by atoms with Crippen LogP contribution >= 0.6 is 0 Å². The summed E-state index contributed by atoms with van der Waals surface area (Å²) in [5.41, 5.74) is 2.53. The number of rotatable bonds is 4. The van der Waals surface area contributed by atoms with Crippen molar-refractivity contribution >= 4 is 15.8 Å². The number of aromatic nitrogens is 3. The molecule has 0 amide bonds. The van der Waals surface area contributed by atoms with Crippen molar-refractivity contribution in [1.82, 2.24) is 19.3 Å². The second-order valence-corrected chi connectivity index (χ2v) is 9.43. The molecule has 31 heavy (non-hydrogen) atoms. The Labute approximate surface area is 181 Å². The molecule has 0 saturated carbocycles. The molecule has 0 aliphatic carbocycles. The van der Waals surface area contributed by atoms with E-state index in [0.717, 1.165) is 17.1 Å². The van der Waals surface area contributed by atoms with Crippen LogP contribution < -0.4 is 4.90 Å².